The van der Waals surface area contributed by atoms with Crippen molar-refractivity contribution in [2.45, 2.75) is 25.7 Å². The van der Waals surface area contributed by atoms with Crippen LogP contribution in [0.5, 0.6) is 0 Å². The first-order valence-electron chi connectivity index (χ1n) is 8.66. The van der Waals surface area contributed by atoms with Gasteiger partial charge < -0.3 is 4.74 Å². The molecule has 1 aliphatic heterocycles. The SMILES string of the molecule is Cn1nccc1-c1nn[nH]c1CO[C@H]1CCN(Cc2ccc(F)cc2)C1. The minimum Gasteiger partial charge on any atom is -0.370 e. The Kier molecular flexibility index (Phi) is 4.77. The molecule has 1 saturated heterocycles. The van der Waals surface area contributed by atoms with Crippen LogP contribution in [0.3, 0.4) is 0 Å². The minimum atomic E-state index is -0.200. The van der Waals surface area contributed by atoms with Crippen molar-refractivity contribution in [3.05, 3.63) is 53.6 Å². The van der Waals surface area contributed by atoms with Crippen molar-refractivity contribution in [3.63, 3.8) is 0 Å². The van der Waals surface area contributed by atoms with Gasteiger partial charge >= 0.3 is 0 Å². The maximum Gasteiger partial charge on any atom is 0.136 e. The highest BCUT2D eigenvalue weighted by Crippen LogP contribution is 2.21. The molecule has 0 spiro atoms. The van der Waals surface area contributed by atoms with Crippen LogP contribution in [-0.4, -0.2) is 49.3 Å². The first-order valence-corrected chi connectivity index (χ1v) is 8.66. The smallest absolute Gasteiger partial charge is 0.136 e. The summed E-state index contributed by atoms with van der Waals surface area (Å²) in [4.78, 5) is 2.32. The summed E-state index contributed by atoms with van der Waals surface area (Å²) in [5.74, 6) is -0.200. The number of nitrogens with zero attached hydrogens (tertiary/aromatic N) is 5. The fraction of sp³-hybridized carbons (Fsp3) is 0.389. The summed E-state index contributed by atoms with van der Waals surface area (Å²) in [5, 5.41) is 15.2. The highest BCUT2D eigenvalue weighted by atomic mass is 19.1. The first kappa shape index (κ1) is 16.9. The van der Waals surface area contributed by atoms with Crippen LogP contribution in [0.1, 0.15) is 17.7 Å². The van der Waals surface area contributed by atoms with Crippen molar-refractivity contribution in [1.29, 1.82) is 0 Å². The van der Waals surface area contributed by atoms with Gasteiger partial charge in [0.2, 0.25) is 0 Å². The predicted octanol–water partition coefficient (Wildman–Crippen LogP) is 2.14. The van der Waals surface area contributed by atoms with Crippen LogP contribution >= 0.6 is 0 Å². The number of aromatic amines is 1. The molecule has 8 heteroatoms. The van der Waals surface area contributed by atoms with E-state index in [1.54, 1.807) is 10.9 Å². The largest absolute Gasteiger partial charge is 0.370 e. The second-order valence-electron chi connectivity index (χ2n) is 6.56. The van der Waals surface area contributed by atoms with Gasteiger partial charge in [-0.25, -0.2) is 4.39 Å². The average molecular weight is 356 g/mol. The van der Waals surface area contributed by atoms with Crippen LogP contribution < -0.4 is 0 Å². The maximum atomic E-state index is 13.0. The van der Waals surface area contributed by atoms with Gasteiger partial charge in [-0.2, -0.15) is 5.10 Å². The van der Waals surface area contributed by atoms with Gasteiger partial charge in [0.25, 0.3) is 0 Å². The monoisotopic (exact) mass is 356 g/mol. The number of benzene rings is 1. The number of H-pyrrole nitrogens is 1. The molecule has 3 aromatic rings. The number of aryl methyl sites for hydroxylation is 1. The van der Waals surface area contributed by atoms with Crippen molar-refractivity contribution < 1.29 is 9.13 Å². The second-order valence-corrected chi connectivity index (χ2v) is 6.56. The number of hydrogen-bond donors (Lipinski definition) is 1. The van der Waals surface area contributed by atoms with Crippen LogP contribution in [-0.2, 0) is 24.9 Å². The Bertz CT molecular complexity index is 859. The standard InChI is InChI=1S/C18H21FN6O/c1-24-17(6-8-20-24)18-16(21-23-22-18)12-26-15-7-9-25(11-15)10-13-2-4-14(19)5-3-13/h2-6,8,15H,7,9-12H2,1H3,(H,21,22,23)/t15-/m0/s1. The maximum absolute atomic E-state index is 13.0. The van der Waals surface area contributed by atoms with E-state index in [4.69, 9.17) is 4.74 Å². The van der Waals surface area contributed by atoms with Crippen molar-refractivity contribution >= 4 is 0 Å². The summed E-state index contributed by atoms with van der Waals surface area (Å²) < 4.78 is 20.8. The highest BCUT2D eigenvalue weighted by Gasteiger charge is 2.24. The molecule has 1 aromatic carbocycles. The van der Waals surface area contributed by atoms with Crippen LogP contribution in [0.4, 0.5) is 4.39 Å². The van der Waals surface area contributed by atoms with Gasteiger partial charge in [-0.3, -0.25) is 14.7 Å². The van der Waals surface area contributed by atoms with Crippen LogP contribution in [0.15, 0.2) is 36.5 Å². The lowest BCUT2D eigenvalue weighted by Gasteiger charge is -2.16. The Labute approximate surface area is 150 Å². The Morgan fingerprint density at radius 3 is 2.88 bits per heavy atom. The topological polar surface area (TPSA) is 71.9 Å². The quantitative estimate of drug-likeness (QED) is 0.733. The molecule has 7 nitrogen and oxygen atoms in total. The van der Waals surface area contributed by atoms with Gasteiger partial charge in [-0.15, -0.1) is 5.10 Å². The van der Waals surface area contributed by atoms with Crippen LogP contribution in [0.25, 0.3) is 11.4 Å². The summed E-state index contributed by atoms with van der Waals surface area (Å²) in [6, 6.07) is 8.58. The summed E-state index contributed by atoms with van der Waals surface area (Å²) in [5.41, 5.74) is 3.64. The zero-order valence-electron chi connectivity index (χ0n) is 14.6. The molecule has 1 fully saturated rings. The molecular formula is C18H21FN6O. The van der Waals surface area contributed by atoms with Crippen molar-refractivity contribution in [2.24, 2.45) is 7.05 Å². The van der Waals surface area contributed by atoms with Gasteiger partial charge in [0, 0.05) is 32.9 Å². The molecule has 0 bridgehead atoms. The molecule has 0 radical (unpaired) electrons. The molecule has 0 unspecified atom stereocenters. The molecule has 1 N–H and O–H groups in total. The number of halogens is 1. The Morgan fingerprint density at radius 2 is 2.12 bits per heavy atom. The molecule has 0 amide bonds. The average Bonchev–Trinajstić information content (AvgIpc) is 3.36. The van der Waals surface area contributed by atoms with E-state index >= 15 is 0 Å². The molecule has 0 saturated carbocycles. The van der Waals surface area contributed by atoms with E-state index in [9.17, 15) is 4.39 Å². The summed E-state index contributed by atoms with van der Waals surface area (Å²) in [6.45, 7) is 3.08. The molecule has 0 aliphatic carbocycles. The van der Waals surface area contributed by atoms with E-state index in [1.165, 1.54) is 12.1 Å². The van der Waals surface area contributed by atoms with Crippen molar-refractivity contribution in [1.82, 2.24) is 30.1 Å². The fourth-order valence-electron chi connectivity index (χ4n) is 3.29. The van der Waals surface area contributed by atoms with Crippen molar-refractivity contribution in [3.8, 4) is 11.4 Å². The third-order valence-corrected chi connectivity index (χ3v) is 4.70. The van der Waals surface area contributed by atoms with E-state index in [-0.39, 0.29) is 11.9 Å². The van der Waals surface area contributed by atoms with E-state index in [0.29, 0.717) is 6.61 Å². The predicted molar refractivity (Wildman–Crippen MR) is 93.5 cm³/mol. The normalized spacial score (nSPS) is 17.8. The molecule has 1 aliphatic rings. The molecule has 1 atom stereocenters. The number of ether oxygens (including phenoxy) is 1. The zero-order chi connectivity index (χ0) is 17.9. The third kappa shape index (κ3) is 3.66. The lowest BCUT2D eigenvalue weighted by atomic mass is 10.2. The summed E-state index contributed by atoms with van der Waals surface area (Å²) in [6.07, 6.45) is 2.88. The van der Waals surface area contributed by atoms with Gasteiger partial charge in [-0.05, 0) is 30.2 Å². The number of aromatic nitrogens is 5. The number of rotatable bonds is 6. The zero-order valence-corrected chi connectivity index (χ0v) is 14.6. The number of hydrogen-bond acceptors (Lipinski definition) is 5. The van der Waals surface area contributed by atoms with E-state index < -0.39 is 0 Å². The Morgan fingerprint density at radius 1 is 1.27 bits per heavy atom. The number of likely N-dealkylation sites (tertiary alicyclic amines) is 1. The van der Waals surface area contributed by atoms with E-state index in [1.807, 2.05) is 25.2 Å². The molecule has 3 heterocycles. The summed E-state index contributed by atoms with van der Waals surface area (Å²) in [7, 11) is 1.87. The van der Waals surface area contributed by atoms with E-state index in [2.05, 4.69) is 25.4 Å². The van der Waals surface area contributed by atoms with Crippen molar-refractivity contribution in [2.75, 3.05) is 13.1 Å². The lowest BCUT2D eigenvalue weighted by molar-refractivity contribution is 0.0445. The molecule has 4 rings (SSSR count). The molecule has 2 aromatic heterocycles. The Balaban J connectivity index is 1.32. The van der Waals surface area contributed by atoms with E-state index in [0.717, 1.165) is 48.7 Å². The third-order valence-electron chi connectivity index (χ3n) is 4.70. The highest BCUT2D eigenvalue weighted by molar-refractivity contribution is 5.56. The Hall–Kier alpha value is -2.58. The lowest BCUT2D eigenvalue weighted by Crippen LogP contribution is -2.23. The first-order chi connectivity index (χ1) is 12.7. The number of nitrogens with one attached hydrogen (secondary N) is 1. The van der Waals surface area contributed by atoms with Gasteiger partial charge in [0.15, 0.2) is 0 Å². The van der Waals surface area contributed by atoms with Gasteiger partial charge in [-0.1, -0.05) is 17.3 Å². The van der Waals surface area contributed by atoms with Crippen LogP contribution in [0.2, 0.25) is 0 Å². The molecule has 136 valence electrons. The molecule has 26 heavy (non-hydrogen) atoms. The molecular weight excluding hydrogens is 335 g/mol. The van der Waals surface area contributed by atoms with Gasteiger partial charge in [0.1, 0.15) is 11.5 Å². The van der Waals surface area contributed by atoms with Crippen LogP contribution in [0, 0.1) is 5.82 Å². The fourth-order valence-corrected chi connectivity index (χ4v) is 3.29. The van der Waals surface area contributed by atoms with Gasteiger partial charge in [0.05, 0.1) is 24.1 Å². The second kappa shape index (κ2) is 7.35. The summed E-state index contributed by atoms with van der Waals surface area (Å²) >= 11 is 0. The minimum absolute atomic E-state index is 0.165.